The minimum atomic E-state index is -0.796. The normalized spacial score (nSPS) is 12.5. The molecule has 388 valence electrons. The summed E-state index contributed by atoms with van der Waals surface area (Å²) < 4.78 is 16.8. The third kappa shape index (κ3) is 53.9. The molecule has 0 heterocycles. The van der Waals surface area contributed by atoms with Crippen LogP contribution in [-0.2, 0) is 28.6 Å². The molecule has 0 N–H and O–H groups in total. The zero-order valence-corrected chi connectivity index (χ0v) is 44.4. The van der Waals surface area contributed by atoms with Gasteiger partial charge in [0, 0.05) is 19.3 Å². The van der Waals surface area contributed by atoms with Crippen LogP contribution < -0.4 is 0 Å². The van der Waals surface area contributed by atoms with Crippen LogP contribution >= 0.6 is 0 Å². The van der Waals surface area contributed by atoms with Crippen LogP contribution in [0.1, 0.15) is 290 Å². The smallest absolute Gasteiger partial charge is 0.306 e. The molecule has 0 rings (SSSR count). The SMILES string of the molecule is CCCCC/C=C\C/C=C\CCCCCCCCCC(=O)OC[C@H](COC(=O)CCC/C=C\C/C=C\C/C=C\CCCCCCCC)OC(=O)CCCCCCCCCCCCCCCCC. The molecule has 0 bridgehead atoms. The molecular formula is C61H108O6. The molecule has 1 atom stereocenters. The summed E-state index contributed by atoms with van der Waals surface area (Å²) in [5.74, 6) is -0.941. The fraction of sp³-hybridized carbons (Fsp3) is 0.787. The van der Waals surface area contributed by atoms with Gasteiger partial charge in [-0.1, -0.05) is 248 Å². The van der Waals surface area contributed by atoms with Crippen molar-refractivity contribution >= 4 is 17.9 Å². The van der Waals surface area contributed by atoms with Crippen molar-refractivity contribution in [3.05, 3.63) is 60.8 Å². The first-order chi connectivity index (χ1) is 33.0. The molecule has 6 nitrogen and oxygen atoms in total. The highest BCUT2D eigenvalue weighted by Gasteiger charge is 2.19. The first-order valence-electron chi connectivity index (χ1n) is 28.8. The van der Waals surface area contributed by atoms with Gasteiger partial charge in [-0.25, -0.2) is 0 Å². The maximum Gasteiger partial charge on any atom is 0.306 e. The van der Waals surface area contributed by atoms with Gasteiger partial charge in [0.2, 0.25) is 0 Å². The van der Waals surface area contributed by atoms with Crippen molar-refractivity contribution in [3.8, 4) is 0 Å². The van der Waals surface area contributed by atoms with Crippen molar-refractivity contribution in [2.75, 3.05) is 13.2 Å². The number of carbonyl (C=O) groups is 3. The van der Waals surface area contributed by atoms with Crippen LogP contribution in [0, 0.1) is 0 Å². The van der Waals surface area contributed by atoms with Gasteiger partial charge in [-0.3, -0.25) is 14.4 Å². The van der Waals surface area contributed by atoms with E-state index in [-0.39, 0.29) is 37.5 Å². The Hall–Kier alpha value is -2.89. The van der Waals surface area contributed by atoms with E-state index in [9.17, 15) is 14.4 Å². The number of allylic oxidation sites excluding steroid dienone is 10. The van der Waals surface area contributed by atoms with Crippen molar-refractivity contribution in [2.45, 2.75) is 297 Å². The zero-order valence-electron chi connectivity index (χ0n) is 44.4. The fourth-order valence-corrected chi connectivity index (χ4v) is 8.14. The van der Waals surface area contributed by atoms with Crippen LogP contribution in [0.2, 0.25) is 0 Å². The lowest BCUT2D eigenvalue weighted by molar-refractivity contribution is -0.167. The maximum atomic E-state index is 12.8. The monoisotopic (exact) mass is 937 g/mol. The first kappa shape index (κ1) is 64.1. The minimum absolute atomic E-state index is 0.0917. The number of hydrogen-bond donors (Lipinski definition) is 0. The molecule has 0 aliphatic carbocycles. The molecule has 0 fully saturated rings. The van der Waals surface area contributed by atoms with Crippen LogP contribution in [0.4, 0.5) is 0 Å². The Morgan fingerprint density at radius 2 is 0.552 bits per heavy atom. The highest BCUT2D eigenvalue weighted by atomic mass is 16.6. The second-order valence-electron chi connectivity index (χ2n) is 19.2. The van der Waals surface area contributed by atoms with Gasteiger partial charge in [-0.2, -0.15) is 0 Å². The first-order valence-corrected chi connectivity index (χ1v) is 28.8. The molecule has 0 saturated heterocycles. The fourth-order valence-electron chi connectivity index (χ4n) is 8.14. The topological polar surface area (TPSA) is 78.9 Å². The Balaban J connectivity index is 4.44. The van der Waals surface area contributed by atoms with Gasteiger partial charge in [-0.15, -0.1) is 0 Å². The standard InChI is InChI=1S/C61H108O6/c1-4-7-10-13-16-19-22-25-28-30-33-35-38-41-44-47-50-53-59(62)65-56-58(67-61(64)55-52-49-46-43-40-37-32-27-24-21-18-15-12-9-6-3)57-66-60(63)54-51-48-45-42-39-36-34-31-29-26-23-20-17-14-11-8-5-2/h16,19,25-26,28-29,34,36,42,45,58H,4-15,17-18,20-24,27,30-33,35,37-41,43-44,46-57H2,1-3H3/b19-16-,28-25-,29-26-,36-34-,45-42-/t58-/m1/s1. The Bertz CT molecular complexity index is 1210. The third-order valence-corrected chi connectivity index (χ3v) is 12.5. The molecule has 0 aromatic heterocycles. The molecule has 0 saturated carbocycles. The highest BCUT2D eigenvalue weighted by Crippen LogP contribution is 2.16. The van der Waals surface area contributed by atoms with Crippen LogP contribution in [0.5, 0.6) is 0 Å². The largest absolute Gasteiger partial charge is 0.462 e. The summed E-state index contributed by atoms with van der Waals surface area (Å²) in [5.41, 5.74) is 0. The van der Waals surface area contributed by atoms with Crippen LogP contribution in [0.3, 0.4) is 0 Å². The molecule has 0 amide bonds. The predicted octanol–water partition coefficient (Wildman–Crippen LogP) is 19.2. The van der Waals surface area contributed by atoms with Gasteiger partial charge < -0.3 is 14.2 Å². The number of unbranched alkanes of at least 4 members (excludes halogenated alkanes) is 31. The lowest BCUT2D eigenvalue weighted by Crippen LogP contribution is -2.30. The van der Waals surface area contributed by atoms with Crippen LogP contribution in [0.25, 0.3) is 0 Å². The van der Waals surface area contributed by atoms with Gasteiger partial charge in [-0.05, 0) is 83.5 Å². The molecule has 0 aromatic rings. The number of carbonyl (C=O) groups excluding carboxylic acids is 3. The van der Waals surface area contributed by atoms with Gasteiger partial charge in [0.25, 0.3) is 0 Å². The second kappa shape index (κ2) is 55.7. The van der Waals surface area contributed by atoms with Crippen molar-refractivity contribution in [1.82, 2.24) is 0 Å². The Kier molecular flexibility index (Phi) is 53.3. The lowest BCUT2D eigenvalue weighted by Gasteiger charge is -2.18. The van der Waals surface area contributed by atoms with E-state index >= 15 is 0 Å². The summed E-state index contributed by atoms with van der Waals surface area (Å²) in [6.45, 7) is 6.58. The molecule has 0 spiro atoms. The molecule has 0 aliphatic rings. The molecule has 0 unspecified atom stereocenters. The van der Waals surface area contributed by atoms with Crippen molar-refractivity contribution in [2.24, 2.45) is 0 Å². The molecule has 0 aliphatic heterocycles. The van der Waals surface area contributed by atoms with E-state index in [1.807, 2.05) is 0 Å². The molecule has 67 heavy (non-hydrogen) atoms. The van der Waals surface area contributed by atoms with E-state index in [0.717, 1.165) is 70.6 Å². The summed E-state index contributed by atoms with van der Waals surface area (Å²) in [7, 11) is 0. The molecule has 0 aromatic carbocycles. The summed E-state index contributed by atoms with van der Waals surface area (Å²) >= 11 is 0. The Morgan fingerprint density at radius 1 is 0.299 bits per heavy atom. The second-order valence-corrected chi connectivity index (χ2v) is 19.2. The average Bonchev–Trinajstić information content (AvgIpc) is 3.33. The van der Waals surface area contributed by atoms with E-state index < -0.39 is 6.10 Å². The van der Waals surface area contributed by atoms with E-state index in [2.05, 4.69) is 81.5 Å². The minimum Gasteiger partial charge on any atom is -0.462 e. The maximum absolute atomic E-state index is 12.8. The Morgan fingerprint density at radius 3 is 0.925 bits per heavy atom. The van der Waals surface area contributed by atoms with Crippen molar-refractivity contribution < 1.29 is 28.6 Å². The predicted molar refractivity (Wildman–Crippen MR) is 288 cm³/mol. The van der Waals surface area contributed by atoms with E-state index in [1.165, 1.54) is 173 Å². The van der Waals surface area contributed by atoms with Crippen molar-refractivity contribution in [1.29, 1.82) is 0 Å². The summed E-state index contributed by atoms with van der Waals surface area (Å²) in [6.07, 6.45) is 69.2. The lowest BCUT2D eigenvalue weighted by atomic mass is 10.0. The summed E-state index contributed by atoms with van der Waals surface area (Å²) in [4.78, 5) is 38.1. The Labute approximate surface area is 415 Å². The van der Waals surface area contributed by atoms with E-state index in [4.69, 9.17) is 14.2 Å². The number of hydrogen-bond acceptors (Lipinski definition) is 6. The number of ether oxygens (including phenoxy) is 3. The number of esters is 3. The van der Waals surface area contributed by atoms with Gasteiger partial charge >= 0.3 is 17.9 Å². The van der Waals surface area contributed by atoms with Crippen molar-refractivity contribution in [3.63, 3.8) is 0 Å². The molecule has 0 radical (unpaired) electrons. The van der Waals surface area contributed by atoms with E-state index in [1.54, 1.807) is 0 Å². The van der Waals surface area contributed by atoms with Gasteiger partial charge in [0.05, 0.1) is 0 Å². The average molecular weight is 938 g/mol. The van der Waals surface area contributed by atoms with Crippen LogP contribution in [-0.4, -0.2) is 37.2 Å². The van der Waals surface area contributed by atoms with Crippen LogP contribution in [0.15, 0.2) is 60.8 Å². The number of rotatable bonds is 52. The quantitative estimate of drug-likeness (QED) is 0.0262. The summed E-state index contributed by atoms with van der Waals surface area (Å²) in [6, 6.07) is 0. The highest BCUT2D eigenvalue weighted by molar-refractivity contribution is 5.71. The molecular weight excluding hydrogens is 829 g/mol. The van der Waals surface area contributed by atoms with Gasteiger partial charge in [0.15, 0.2) is 6.10 Å². The zero-order chi connectivity index (χ0) is 48.6. The molecule has 6 heteroatoms. The van der Waals surface area contributed by atoms with E-state index in [0.29, 0.717) is 19.3 Å². The third-order valence-electron chi connectivity index (χ3n) is 12.5. The van der Waals surface area contributed by atoms with Gasteiger partial charge in [0.1, 0.15) is 13.2 Å². The summed E-state index contributed by atoms with van der Waals surface area (Å²) in [5, 5.41) is 0.